The van der Waals surface area contributed by atoms with Gasteiger partial charge in [-0.05, 0) is 23.6 Å². The van der Waals surface area contributed by atoms with E-state index in [0.717, 1.165) is 30.9 Å². The first kappa shape index (κ1) is 12.0. The van der Waals surface area contributed by atoms with Crippen molar-refractivity contribution in [2.45, 2.75) is 12.5 Å². The summed E-state index contributed by atoms with van der Waals surface area (Å²) in [6, 6.07) is 12.0. The molecule has 0 saturated carbocycles. The first-order valence-electron chi connectivity index (χ1n) is 6.81. The van der Waals surface area contributed by atoms with E-state index < -0.39 is 0 Å². The van der Waals surface area contributed by atoms with Crippen LogP contribution in [0.5, 0.6) is 0 Å². The Morgan fingerprint density at radius 3 is 3.00 bits per heavy atom. The third kappa shape index (κ3) is 1.70. The van der Waals surface area contributed by atoms with Crippen LogP contribution in [0.3, 0.4) is 0 Å². The van der Waals surface area contributed by atoms with Crippen LogP contribution in [0.25, 0.3) is 0 Å². The molecule has 102 valence electrons. The average Bonchev–Trinajstić information content (AvgIpc) is 2.48. The molecule has 20 heavy (non-hydrogen) atoms. The third-order valence-corrected chi connectivity index (χ3v) is 4.54. The first-order chi connectivity index (χ1) is 9.74. The van der Waals surface area contributed by atoms with Gasteiger partial charge in [0.15, 0.2) is 0 Å². The molecule has 2 aromatic rings. The Balaban J connectivity index is 1.82. The maximum atomic E-state index is 13.8. The molecule has 0 saturated heterocycles. The van der Waals surface area contributed by atoms with E-state index in [1.807, 2.05) is 0 Å². The predicted molar refractivity (Wildman–Crippen MR) is 80.1 cm³/mol. The van der Waals surface area contributed by atoms with Crippen molar-refractivity contribution in [3.63, 3.8) is 0 Å². The molecule has 2 aromatic carbocycles. The second-order valence-electron chi connectivity index (χ2n) is 5.32. The van der Waals surface area contributed by atoms with Gasteiger partial charge in [-0.15, -0.1) is 0 Å². The van der Waals surface area contributed by atoms with Crippen molar-refractivity contribution >= 4 is 23.0 Å². The van der Waals surface area contributed by atoms with E-state index in [4.69, 9.17) is 11.6 Å². The number of nitrogens with zero attached hydrogens (tertiary/aromatic N) is 1. The topological polar surface area (TPSA) is 15.3 Å². The molecule has 0 aromatic heterocycles. The van der Waals surface area contributed by atoms with Gasteiger partial charge < -0.3 is 10.2 Å². The number of hydrogen-bond acceptors (Lipinski definition) is 2. The lowest BCUT2D eigenvalue weighted by atomic mass is 9.90. The fourth-order valence-electron chi connectivity index (χ4n) is 3.28. The van der Waals surface area contributed by atoms with E-state index in [1.165, 1.54) is 11.1 Å². The largest absolute Gasteiger partial charge is 0.381 e. The van der Waals surface area contributed by atoms with E-state index in [1.54, 1.807) is 12.1 Å². The fourth-order valence-corrected chi connectivity index (χ4v) is 3.45. The van der Waals surface area contributed by atoms with Crippen LogP contribution in [0.2, 0.25) is 5.02 Å². The number of fused-ring (bicyclic) bond motifs is 5. The Kier molecular flexibility index (Phi) is 2.64. The van der Waals surface area contributed by atoms with Gasteiger partial charge in [-0.25, -0.2) is 4.39 Å². The highest BCUT2D eigenvalue weighted by Gasteiger charge is 2.32. The monoisotopic (exact) mass is 288 g/mol. The molecule has 4 rings (SSSR count). The van der Waals surface area contributed by atoms with Gasteiger partial charge in [0, 0.05) is 19.2 Å². The number of nitrogens with one attached hydrogen (secondary N) is 1. The van der Waals surface area contributed by atoms with Gasteiger partial charge in [0.25, 0.3) is 0 Å². The van der Waals surface area contributed by atoms with Crippen LogP contribution >= 0.6 is 11.6 Å². The van der Waals surface area contributed by atoms with E-state index in [0.29, 0.717) is 0 Å². The molecule has 4 heteroatoms. The zero-order valence-corrected chi connectivity index (χ0v) is 11.6. The van der Waals surface area contributed by atoms with Crippen LogP contribution in [0.1, 0.15) is 17.2 Å². The predicted octanol–water partition coefficient (Wildman–Crippen LogP) is 4.01. The second-order valence-corrected chi connectivity index (χ2v) is 5.73. The minimum absolute atomic E-state index is 0.173. The number of rotatable bonds is 0. The van der Waals surface area contributed by atoms with E-state index >= 15 is 0 Å². The van der Waals surface area contributed by atoms with E-state index in [9.17, 15) is 4.39 Å². The maximum absolute atomic E-state index is 13.8. The molecule has 0 aliphatic carbocycles. The Morgan fingerprint density at radius 2 is 2.10 bits per heavy atom. The Bertz CT molecular complexity index is 686. The molecule has 0 bridgehead atoms. The zero-order valence-electron chi connectivity index (χ0n) is 10.9. The molecule has 0 fully saturated rings. The number of halogens is 2. The minimum atomic E-state index is -0.355. The van der Waals surface area contributed by atoms with Gasteiger partial charge in [-0.1, -0.05) is 35.9 Å². The van der Waals surface area contributed by atoms with Crippen molar-refractivity contribution in [1.29, 1.82) is 0 Å². The van der Waals surface area contributed by atoms with Gasteiger partial charge in [-0.2, -0.15) is 0 Å². The smallest absolute Gasteiger partial charge is 0.144 e. The lowest BCUT2D eigenvalue weighted by molar-refractivity contribution is 0.583. The lowest BCUT2D eigenvalue weighted by Gasteiger charge is -2.43. The van der Waals surface area contributed by atoms with Crippen molar-refractivity contribution in [3.05, 3.63) is 58.4 Å². The van der Waals surface area contributed by atoms with Gasteiger partial charge in [0.05, 0.1) is 22.4 Å². The molecular weight excluding hydrogens is 275 g/mol. The molecule has 2 nitrogen and oxygen atoms in total. The summed E-state index contributed by atoms with van der Waals surface area (Å²) in [5.74, 6) is -0.355. The summed E-state index contributed by atoms with van der Waals surface area (Å²) < 4.78 is 13.8. The Hall–Kier alpha value is -1.74. The minimum Gasteiger partial charge on any atom is -0.381 e. The summed E-state index contributed by atoms with van der Waals surface area (Å²) in [7, 11) is 0. The van der Waals surface area contributed by atoms with Crippen LogP contribution < -0.4 is 10.2 Å². The summed E-state index contributed by atoms with van der Waals surface area (Å²) in [4.78, 5) is 2.29. The zero-order chi connectivity index (χ0) is 13.7. The van der Waals surface area contributed by atoms with Crippen LogP contribution in [-0.4, -0.2) is 13.1 Å². The summed E-state index contributed by atoms with van der Waals surface area (Å²) in [5.41, 5.74) is 4.57. The molecular formula is C16H14ClFN2. The lowest BCUT2D eigenvalue weighted by Crippen LogP contribution is -2.42. The van der Waals surface area contributed by atoms with Crippen molar-refractivity contribution in [1.82, 2.24) is 0 Å². The highest BCUT2D eigenvalue weighted by atomic mass is 35.5. The van der Waals surface area contributed by atoms with Crippen LogP contribution in [0.4, 0.5) is 15.8 Å². The molecule has 2 heterocycles. The maximum Gasteiger partial charge on any atom is 0.144 e. The van der Waals surface area contributed by atoms with Gasteiger partial charge in [0.2, 0.25) is 0 Å². The third-order valence-electron chi connectivity index (χ3n) is 4.25. The van der Waals surface area contributed by atoms with Crippen molar-refractivity contribution in [3.8, 4) is 0 Å². The second kappa shape index (κ2) is 4.38. The fraction of sp³-hybridized carbons (Fsp3) is 0.250. The van der Waals surface area contributed by atoms with E-state index in [2.05, 4.69) is 34.5 Å². The van der Waals surface area contributed by atoms with Crippen LogP contribution in [-0.2, 0) is 6.42 Å². The van der Waals surface area contributed by atoms with Crippen molar-refractivity contribution in [2.24, 2.45) is 0 Å². The molecule has 1 atom stereocenters. The van der Waals surface area contributed by atoms with Gasteiger partial charge in [-0.3, -0.25) is 0 Å². The highest BCUT2D eigenvalue weighted by molar-refractivity contribution is 6.31. The van der Waals surface area contributed by atoms with E-state index in [-0.39, 0.29) is 16.9 Å². The molecule has 2 aliphatic heterocycles. The van der Waals surface area contributed by atoms with Crippen LogP contribution in [0, 0.1) is 5.82 Å². The van der Waals surface area contributed by atoms with Gasteiger partial charge in [0.1, 0.15) is 5.82 Å². The molecule has 2 aliphatic rings. The summed E-state index contributed by atoms with van der Waals surface area (Å²) in [5, 5.41) is 3.55. The molecule has 1 N–H and O–H groups in total. The van der Waals surface area contributed by atoms with Crippen molar-refractivity contribution < 1.29 is 4.39 Å². The number of anilines is 2. The summed E-state index contributed by atoms with van der Waals surface area (Å²) in [6.07, 6.45) is 0.996. The highest BCUT2D eigenvalue weighted by Crippen LogP contribution is 2.42. The average molecular weight is 289 g/mol. The Morgan fingerprint density at radius 1 is 1.25 bits per heavy atom. The number of hydrogen-bond donors (Lipinski definition) is 1. The first-order valence-corrected chi connectivity index (χ1v) is 7.19. The summed E-state index contributed by atoms with van der Waals surface area (Å²) >= 11 is 5.87. The Labute approximate surface area is 122 Å². The summed E-state index contributed by atoms with van der Waals surface area (Å²) in [6.45, 7) is 1.74. The molecule has 1 unspecified atom stereocenters. The van der Waals surface area contributed by atoms with Crippen LogP contribution in [0.15, 0.2) is 36.4 Å². The molecule has 0 amide bonds. The molecule has 0 spiro atoms. The quantitative estimate of drug-likeness (QED) is 0.788. The van der Waals surface area contributed by atoms with Gasteiger partial charge >= 0.3 is 0 Å². The standard InChI is InChI=1S/C16H14ClFN2/c17-12-7-14-15(8-13(12)18)20-6-5-10-3-1-2-4-11(10)16(20)9-19-14/h1-4,7-8,16,19H,5-6,9H2. The number of benzene rings is 2. The van der Waals surface area contributed by atoms with Crippen molar-refractivity contribution in [2.75, 3.05) is 23.3 Å². The normalized spacial score (nSPS) is 19.7. The SMILES string of the molecule is Fc1cc2c(cc1Cl)NCC1c3ccccc3CCN21. The molecule has 0 radical (unpaired) electrons.